The van der Waals surface area contributed by atoms with E-state index in [9.17, 15) is 10.2 Å². The molecule has 0 spiro atoms. The number of aliphatic hydroxyl groups is 2. The van der Waals surface area contributed by atoms with Crippen LogP contribution in [-0.4, -0.2) is 35.0 Å². The molecule has 2 atom stereocenters. The van der Waals surface area contributed by atoms with Crippen LogP contribution in [0.5, 0.6) is 5.88 Å². The van der Waals surface area contributed by atoms with E-state index < -0.39 is 12.2 Å². The molecule has 1 aromatic rings. The van der Waals surface area contributed by atoms with Crippen LogP contribution in [0.4, 0.5) is 0 Å². The van der Waals surface area contributed by atoms with E-state index in [1.165, 1.54) is 19.4 Å². The van der Waals surface area contributed by atoms with Gasteiger partial charge in [-0.2, -0.15) is 0 Å². The summed E-state index contributed by atoms with van der Waals surface area (Å²) in [6, 6.07) is 1.47. The van der Waals surface area contributed by atoms with Crippen molar-refractivity contribution >= 4 is 11.6 Å². The molecular formula is C10H13ClN4O3. The van der Waals surface area contributed by atoms with Crippen molar-refractivity contribution in [3.63, 3.8) is 0 Å². The highest BCUT2D eigenvalue weighted by Gasteiger charge is 2.22. The van der Waals surface area contributed by atoms with Crippen molar-refractivity contribution in [1.29, 1.82) is 0 Å². The highest BCUT2D eigenvalue weighted by Crippen LogP contribution is 2.28. The highest BCUT2D eigenvalue weighted by molar-refractivity contribution is 6.30. The van der Waals surface area contributed by atoms with Crippen molar-refractivity contribution in [2.75, 3.05) is 13.7 Å². The van der Waals surface area contributed by atoms with Crippen LogP contribution in [0.3, 0.4) is 0 Å². The minimum absolute atomic E-state index is 0.0883. The first-order chi connectivity index (χ1) is 8.60. The summed E-state index contributed by atoms with van der Waals surface area (Å²) in [6.45, 7) is 0.0883. The second-order valence-corrected chi connectivity index (χ2v) is 3.94. The number of pyridine rings is 1. The van der Waals surface area contributed by atoms with Crippen LogP contribution >= 0.6 is 11.6 Å². The molecule has 0 aliphatic heterocycles. The molecule has 0 amide bonds. The van der Waals surface area contributed by atoms with E-state index in [2.05, 4.69) is 15.0 Å². The molecule has 0 saturated carbocycles. The molecule has 2 unspecified atom stereocenters. The summed E-state index contributed by atoms with van der Waals surface area (Å²) in [5, 5.41) is 23.3. The Morgan fingerprint density at radius 1 is 1.61 bits per heavy atom. The Balaban J connectivity index is 2.84. The van der Waals surface area contributed by atoms with Gasteiger partial charge in [-0.3, -0.25) is 0 Å². The zero-order valence-corrected chi connectivity index (χ0v) is 10.4. The zero-order chi connectivity index (χ0) is 13.5. The second-order valence-electron chi connectivity index (χ2n) is 3.51. The van der Waals surface area contributed by atoms with E-state index in [-0.39, 0.29) is 18.8 Å². The summed E-state index contributed by atoms with van der Waals surface area (Å²) in [6.07, 6.45) is -0.797. The quantitative estimate of drug-likeness (QED) is 0.467. The maximum absolute atomic E-state index is 9.96. The topological polar surface area (TPSA) is 111 Å². The van der Waals surface area contributed by atoms with Gasteiger partial charge in [0.2, 0.25) is 5.88 Å². The maximum Gasteiger partial charge on any atom is 0.219 e. The van der Waals surface area contributed by atoms with Gasteiger partial charge in [-0.1, -0.05) is 16.7 Å². The molecule has 18 heavy (non-hydrogen) atoms. The Morgan fingerprint density at radius 3 is 2.94 bits per heavy atom. The third-order valence-electron chi connectivity index (χ3n) is 2.31. The van der Waals surface area contributed by atoms with Gasteiger partial charge in [0.05, 0.1) is 18.2 Å². The van der Waals surface area contributed by atoms with Crippen molar-refractivity contribution in [3.8, 4) is 5.88 Å². The first kappa shape index (κ1) is 14.5. The molecule has 98 valence electrons. The van der Waals surface area contributed by atoms with Crippen LogP contribution in [0.25, 0.3) is 10.4 Å². The van der Waals surface area contributed by atoms with Gasteiger partial charge in [0.15, 0.2) is 0 Å². The van der Waals surface area contributed by atoms with Crippen LogP contribution in [-0.2, 0) is 0 Å². The Bertz CT molecular complexity index is 451. The van der Waals surface area contributed by atoms with Crippen LogP contribution < -0.4 is 4.74 Å². The van der Waals surface area contributed by atoms with E-state index in [4.69, 9.17) is 21.9 Å². The Kier molecular flexibility index (Phi) is 5.67. The molecule has 0 aliphatic carbocycles. The van der Waals surface area contributed by atoms with Crippen molar-refractivity contribution in [1.82, 2.24) is 4.98 Å². The normalized spacial score (nSPS) is 13.6. The largest absolute Gasteiger partial charge is 0.481 e. The van der Waals surface area contributed by atoms with E-state index in [1.807, 2.05) is 0 Å². The van der Waals surface area contributed by atoms with Gasteiger partial charge in [-0.25, -0.2) is 4.98 Å². The van der Waals surface area contributed by atoms with Gasteiger partial charge < -0.3 is 14.9 Å². The number of hydrogen-bond acceptors (Lipinski definition) is 5. The van der Waals surface area contributed by atoms with Crippen molar-refractivity contribution in [2.45, 2.75) is 18.6 Å². The lowest BCUT2D eigenvalue weighted by Gasteiger charge is -2.19. The standard InChI is InChI=1S/C10H13ClN4O3/c1-18-10-7(4-6(11)5-13-10)9(17)8(16)2-3-14-15-12/h4-5,8-9,16-17H,2-3H2,1H3. The molecule has 0 bridgehead atoms. The lowest BCUT2D eigenvalue weighted by atomic mass is 10.0. The summed E-state index contributed by atoms with van der Waals surface area (Å²) >= 11 is 5.77. The minimum atomic E-state index is -1.21. The predicted octanol–water partition coefficient (Wildman–Crippen LogP) is 1.84. The van der Waals surface area contributed by atoms with Crippen molar-refractivity contribution in [2.24, 2.45) is 5.11 Å². The molecule has 7 nitrogen and oxygen atoms in total. The number of ether oxygens (including phenoxy) is 1. The number of aliphatic hydroxyl groups excluding tert-OH is 2. The third kappa shape index (κ3) is 3.75. The number of nitrogens with zero attached hydrogens (tertiary/aromatic N) is 4. The van der Waals surface area contributed by atoms with Crippen LogP contribution in [0.1, 0.15) is 18.1 Å². The van der Waals surface area contributed by atoms with Crippen LogP contribution in [0.15, 0.2) is 17.4 Å². The number of rotatable bonds is 6. The highest BCUT2D eigenvalue weighted by atomic mass is 35.5. The number of aromatic nitrogens is 1. The maximum atomic E-state index is 9.96. The van der Waals surface area contributed by atoms with E-state index >= 15 is 0 Å². The van der Waals surface area contributed by atoms with E-state index in [1.54, 1.807) is 0 Å². The van der Waals surface area contributed by atoms with E-state index in [0.29, 0.717) is 10.6 Å². The fourth-order valence-electron chi connectivity index (χ4n) is 1.42. The smallest absolute Gasteiger partial charge is 0.219 e. The van der Waals surface area contributed by atoms with Gasteiger partial charge in [-0.05, 0) is 18.0 Å². The zero-order valence-electron chi connectivity index (χ0n) is 9.69. The first-order valence-electron chi connectivity index (χ1n) is 5.16. The Hall–Kier alpha value is -1.53. The SMILES string of the molecule is COc1ncc(Cl)cc1C(O)C(O)CCN=[N+]=[N-]. The molecule has 1 aromatic heterocycles. The Labute approximate surface area is 109 Å². The number of azide groups is 1. The van der Waals surface area contributed by atoms with Crippen molar-refractivity contribution < 1.29 is 14.9 Å². The fraction of sp³-hybridized carbons (Fsp3) is 0.500. The van der Waals surface area contributed by atoms with Gasteiger partial charge in [0.1, 0.15) is 6.10 Å². The average molecular weight is 273 g/mol. The summed E-state index contributed by atoms with van der Waals surface area (Å²) in [5.74, 6) is 0.190. The van der Waals surface area contributed by atoms with E-state index in [0.717, 1.165) is 0 Å². The van der Waals surface area contributed by atoms with Crippen LogP contribution in [0.2, 0.25) is 5.02 Å². The Morgan fingerprint density at radius 2 is 2.33 bits per heavy atom. The lowest BCUT2D eigenvalue weighted by molar-refractivity contribution is 0.0134. The monoisotopic (exact) mass is 272 g/mol. The number of hydrogen-bond donors (Lipinski definition) is 2. The predicted molar refractivity (Wildman–Crippen MR) is 65.4 cm³/mol. The molecule has 8 heteroatoms. The summed E-state index contributed by atoms with van der Waals surface area (Å²) in [4.78, 5) is 6.45. The van der Waals surface area contributed by atoms with Gasteiger partial charge in [0, 0.05) is 23.2 Å². The molecule has 0 aromatic carbocycles. The average Bonchev–Trinajstić information content (AvgIpc) is 2.38. The second kappa shape index (κ2) is 7.03. The summed E-state index contributed by atoms with van der Waals surface area (Å²) in [7, 11) is 1.40. The molecule has 0 aliphatic rings. The van der Waals surface area contributed by atoms with Gasteiger partial charge >= 0.3 is 0 Å². The molecule has 0 fully saturated rings. The minimum Gasteiger partial charge on any atom is -0.481 e. The fourth-order valence-corrected chi connectivity index (χ4v) is 1.59. The molecule has 2 N–H and O–H groups in total. The number of methoxy groups -OCH3 is 1. The first-order valence-corrected chi connectivity index (χ1v) is 5.54. The number of halogens is 1. The van der Waals surface area contributed by atoms with Gasteiger partial charge in [0.25, 0.3) is 0 Å². The van der Waals surface area contributed by atoms with Crippen molar-refractivity contribution in [3.05, 3.63) is 33.3 Å². The molecule has 0 saturated heterocycles. The molecule has 0 radical (unpaired) electrons. The summed E-state index contributed by atoms with van der Waals surface area (Å²) in [5.41, 5.74) is 8.41. The van der Waals surface area contributed by atoms with Crippen LogP contribution in [0, 0.1) is 0 Å². The molecule has 1 rings (SSSR count). The summed E-state index contributed by atoms with van der Waals surface area (Å²) < 4.78 is 4.97. The molecule has 1 heterocycles. The molecular weight excluding hydrogens is 260 g/mol. The lowest BCUT2D eigenvalue weighted by Crippen LogP contribution is -2.20. The van der Waals surface area contributed by atoms with Gasteiger partial charge in [-0.15, -0.1) is 0 Å². The third-order valence-corrected chi connectivity index (χ3v) is 2.52.